The van der Waals surface area contributed by atoms with E-state index in [1.165, 1.54) is 31.5 Å². The van der Waals surface area contributed by atoms with E-state index in [4.69, 9.17) is 5.10 Å². The maximum atomic E-state index is 4.79. The number of hydrogen-bond acceptors (Lipinski definition) is 2. The average molecular weight is 289 g/mol. The van der Waals surface area contributed by atoms with Gasteiger partial charge in [0.05, 0.1) is 5.69 Å². The fraction of sp³-hybridized carbons (Fsp3) is 0.833. The highest BCUT2D eigenvalue weighted by molar-refractivity contribution is 5.11. The van der Waals surface area contributed by atoms with Crippen molar-refractivity contribution < 1.29 is 0 Å². The van der Waals surface area contributed by atoms with Crippen LogP contribution in [0, 0.1) is 23.2 Å². The van der Waals surface area contributed by atoms with Crippen molar-refractivity contribution in [3.05, 3.63) is 18.0 Å². The third-order valence-corrected chi connectivity index (χ3v) is 5.26. The Morgan fingerprint density at radius 2 is 2.00 bits per heavy atom. The molecule has 118 valence electrons. The third kappa shape index (κ3) is 3.50. The molecule has 0 aromatic carbocycles. The van der Waals surface area contributed by atoms with E-state index >= 15 is 0 Å². The van der Waals surface area contributed by atoms with Crippen molar-refractivity contribution in [2.45, 2.75) is 59.4 Å². The van der Waals surface area contributed by atoms with Gasteiger partial charge in [0, 0.05) is 18.8 Å². The molecule has 2 fully saturated rings. The van der Waals surface area contributed by atoms with Crippen LogP contribution in [0.4, 0.5) is 0 Å². The Hall–Kier alpha value is -0.830. The standard InChI is InChI=1S/C18H31N3/c1-13(2)11-19-12-18(8-15-7-16(15)9-18)10-17-5-6-21(20-17)14(3)4/h5-6,13-16,19H,7-12H2,1-4H3. The molecular formula is C18H31N3. The van der Waals surface area contributed by atoms with Crippen molar-refractivity contribution in [3.8, 4) is 0 Å². The molecule has 1 aromatic rings. The molecule has 21 heavy (non-hydrogen) atoms. The lowest BCUT2D eigenvalue weighted by Gasteiger charge is -2.31. The van der Waals surface area contributed by atoms with Gasteiger partial charge in [-0.25, -0.2) is 0 Å². The maximum absolute atomic E-state index is 4.79. The van der Waals surface area contributed by atoms with Gasteiger partial charge in [-0.1, -0.05) is 13.8 Å². The maximum Gasteiger partial charge on any atom is 0.0630 e. The van der Waals surface area contributed by atoms with E-state index in [-0.39, 0.29) is 0 Å². The minimum atomic E-state index is 0.464. The molecule has 0 radical (unpaired) electrons. The monoisotopic (exact) mass is 289 g/mol. The topological polar surface area (TPSA) is 29.9 Å². The third-order valence-electron chi connectivity index (χ3n) is 5.26. The van der Waals surface area contributed by atoms with Gasteiger partial charge in [0.25, 0.3) is 0 Å². The Bertz CT molecular complexity index is 465. The molecule has 3 nitrogen and oxygen atoms in total. The second-order valence-electron chi connectivity index (χ2n) is 8.25. The first-order chi connectivity index (χ1) is 9.97. The van der Waals surface area contributed by atoms with Crippen LogP contribution in [0.3, 0.4) is 0 Å². The van der Waals surface area contributed by atoms with E-state index in [1.807, 2.05) is 0 Å². The first kappa shape index (κ1) is 15.1. The number of aromatic nitrogens is 2. The summed E-state index contributed by atoms with van der Waals surface area (Å²) in [5.74, 6) is 2.79. The molecule has 2 atom stereocenters. The highest BCUT2D eigenvalue weighted by Crippen LogP contribution is 2.60. The number of nitrogens with zero attached hydrogens (tertiary/aromatic N) is 2. The molecule has 1 aromatic heterocycles. The molecule has 0 aliphatic heterocycles. The van der Waals surface area contributed by atoms with Gasteiger partial charge in [0.15, 0.2) is 0 Å². The summed E-state index contributed by atoms with van der Waals surface area (Å²) < 4.78 is 2.10. The minimum absolute atomic E-state index is 0.464. The van der Waals surface area contributed by atoms with Crippen LogP contribution in [-0.4, -0.2) is 22.9 Å². The molecule has 1 heterocycles. The largest absolute Gasteiger partial charge is 0.316 e. The van der Waals surface area contributed by atoms with Crippen molar-refractivity contribution in [1.82, 2.24) is 15.1 Å². The number of nitrogens with one attached hydrogen (secondary N) is 1. The van der Waals surface area contributed by atoms with Gasteiger partial charge < -0.3 is 5.32 Å². The summed E-state index contributed by atoms with van der Waals surface area (Å²) in [6.07, 6.45) is 7.62. The van der Waals surface area contributed by atoms with E-state index in [9.17, 15) is 0 Å². The predicted molar refractivity (Wildman–Crippen MR) is 87.3 cm³/mol. The number of fused-ring (bicyclic) bond motifs is 1. The summed E-state index contributed by atoms with van der Waals surface area (Å²) in [5.41, 5.74) is 1.76. The highest BCUT2D eigenvalue weighted by atomic mass is 15.3. The molecule has 3 heteroatoms. The zero-order valence-electron chi connectivity index (χ0n) is 14.1. The van der Waals surface area contributed by atoms with E-state index in [1.54, 1.807) is 0 Å². The number of hydrogen-bond donors (Lipinski definition) is 1. The van der Waals surface area contributed by atoms with Crippen molar-refractivity contribution >= 4 is 0 Å². The first-order valence-corrected chi connectivity index (χ1v) is 8.72. The Morgan fingerprint density at radius 1 is 1.29 bits per heavy atom. The fourth-order valence-electron chi connectivity index (χ4n) is 4.13. The first-order valence-electron chi connectivity index (χ1n) is 8.72. The van der Waals surface area contributed by atoms with Crippen LogP contribution < -0.4 is 5.32 Å². The molecule has 2 saturated carbocycles. The van der Waals surface area contributed by atoms with Crippen LogP contribution in [0.25, 0.3) is 0 Å². The second-order valence-corrected chi connectivity index (χ2v) is 8.25. The van der Waals surface area contributed by atoms with Crippen LogP contribution >= 0.6 is 0 Å². The second kappa shape index (κ2) is 5.75. The fourth-order valence-corrected chi connectivity index (χ4v) is 4.13. The molecule has 0 bridgehead atoms. The van der Waals surface area contributed by atoms with Crippen molar-refractivity contribution in [2.75, 3.05) is 13.1 Å². The zero-order chi connectivity index (χ0) is 15.0. The van der Waals surface area contributed by atoms with Gasteiger partial charge in [-0.15, -0.1) is 0 Å². The molecule has 2 aliphatic carbocycles. The van der Waals surface area contributed by atoms with Crippen molar-refractivity contribution in [3.63, 3.8) is 0 Å². The summed E-state index contributed by atoms with van der Waals surface area (Å²) in [4.78, 5) is 0. The van der Waals surface area contributed by atoms with Gasteiger partial charge in [0.1, 0.15) is 0 Å². The van der Waals surface area contributed by atoms with Gasteiger partial charge in [-0.05, 0) is 75.3 Å². The summed E-state index contributed by atoms with van der Waals surface area (Å²) in [6, 6.07) is 2.69. The molecule has 1 N–H and O–H groups in total. The summed E-state index contributed by atoms with van der Waals surface area (Å²) in [6.45, 7) is 11.3. The quantitative estimate of drug-likeness (QED) is 0.830. The van der Waals surface area contributed by atoms with Crippen LogP contribution in [0.1, 0.15) is 58.7 Å². The normalized spacial score (nSPS) is 31.1. The van der Waals surface area contributed by atoms with Crippen LogP contribution in [0.2, 0.25) is 0 Å². The van der Waals surface area contributed by atoms with E-state index in [2.05, 4.69) is 50.0 Å². The molecule has 2 aliphatic rings. The molecule has 0 saturated heterocycles. The predicted octanol–water partition coefficient (Wildman–Crippen LogP) is 3.67. The smallest absolute Gasteiger partial charge is 0.0630 e. The Kier molecular flexibility index (Phi) is 4.13. The molecule has 2 unspecified atom stereocenters. The van der Waals surface area contributed by atoms with Gasteiger partial charge in [0.2, 0.25) is 0 Å². The van der Waals surface area contributed by atoms with Crippen molar-refractivity contribution in [1.29, 1.82) is 0 Å². The molecular weight excluding hydrogens is 258 g/mol. The SMILES string of the molecule is CC(C)CNCC1(Cc2ccn(C(C)C)n2)CC2CC2C1. The average Bonchev–Trinajstić information content (AvgIpc) is 2.84. The molecule has 3 rings (SSSR count). The van der Waals surface area contributed by atoms with Crippen LogP contribution in [-0.2, 0) is 6.42 Å². The minimum Gasteiger partial charge on any atom is -0.316 e. The van der Waals surface area contributed by atoms with Gasteiger partial charge >= 0.3 is 0 Å². The Morgan fingerprint density at radius 3 is 2.57 bits per heavy atom. The zero-order valence-corrected chi connectivity index (χ0v) is 14.1. The lowest BCUT2D eigenvalue weighted by atomic mass is 9.78. The molecule has 0 amide bonds. The Labute approximate surface area is 129 Å². The van der Waals surface area contributed by atoms with Crippen molar-refractivity contribution in [2.24, 2.45) is 23.2 Å². The summed E-state index contributed by atoms with van der Waals surface area (Å²) in [5, 5.41) is 8.51. The van der Waals surface area contributed by atoms with Crippen LogP contribution in [0.15, 0.2) is 12.3 Å². The summed E-state index contributed by atoms with van der Waals surface area (Å²) >= 11 is 0. The van der Waals surface area contributed by atoms with Gasteiger partial charge in [-0.2, -0.15) is 5.10 Å². The van der Waals surface area contributed by atoms with E-state index in [0.29, 0.717) is 11.5 Å². The number of rotatable bonds is 7. The van der Waals surface area contributed by atoms with E-state index < -0.39 is 0 Å². The lowest BCUT2D eigenvalue weighted by Crippen LogP contribution is -2.37. The highest BCUT2D eigenvalue weighted by Gasteiger charge is 2.53. The van der Waals surface area contributed by atoms with Gasteiger partial charge in [-0.3, -0.25) is 4.68 Å². The Balaban J connectivity index is 1.64. The lowest BCUT2D eigenvalue weighted by molar-refractivity contribution is 0.242. The molecule has 0 spiro atoms. The van der Waals surface area contributed by atoms with E-state index in [0.717, 1.165) is 30.7 Å². The summed E-state index contributed by atoms with van der Waals surface area (Å²) in [7, 11) is 0. The van der Waals surface area contributed by atoms with Crippen LogP contribution in [0.5, 0.6) is 0 Å².